The van der Waals surface area contributed by atoms with Gasteiger partial charge in [-0.1, -0.05) is 13.0 Å². The van der Waals surface area contributed by atoms with Gasteiger partial charge >= 0.3 is 0 Å². The molecule has 0 heterocycles. The van der Waals surface area contributed by atoms with Gasteiger partial charge in [0.05, 0.1) is 7.11 Å². The summed E-state index contributed by atoms with van der Waals surface area (Å²) in [6, 6.07) is 4.16. The average Bonchev–Trinajstić information content (AvgIpc) is 2.34. The summed E-state index contributed by atoms with van der Waals surface area (Å²) in [6.07, 6.45) is 0. The Kier molecular flexibility index (Phi) is 5.45. The van der Waals surface area contributed by atoms with Gasteiger partial charge in [0.1, 0.15) is 5.75 Å². The van der Waals surface area contributed by atoms with E-state index in [0.717, 1.165) is 25.4 Å². The second-order valence-electron chi connectivity index (χ2n) is 4.65. The molecule has 0 aliphatic heterocycles. The monoisotopic (exact) mass is 236 g/mol. The molecule has 0 spiro atoms. The van der Waals surface area contributed by atoms with Crippen LogP contribution in [-0.2, 0) is 6.54 Å². The molecule has 0 amide bonds. The Morgan fingerprint density at radius 1 is 1.29 bits per heavy atom. The first-order valence-corrected chi connectivity index (χ1v) is 6.14. The van der Waals surface area contributed by atoms with E-state index in [2.05, 4.69) is 32.2 Å². The number of rotatable bonds is 6. The van der Waals surface area contributed by atoms with Crippen LogP contribution in [-0.4, -0.2) is 20.2 Å². The molecule has 1 unspecified atom stereocenters. The molecule has 0 radical (unpaired) electrons. The van der Waals surface area contributed by atoms with Crippen molar-refractivity contribution in [3.63, 3.8) is 0 Å². The van der Waals surface area contributed by atoms with E-state index in [1.807, 2.05) is 6.07 Å². The predicted molar refractivity (Wildman–Crippen MR) is 72.4 cm³/mol. The minimum absolute atomic E-state index is 0.523. The van der Waals surface area contributed by atoms with Crippen molar-refractivity contribution in [2.75, 3.05) is 20.2 Å². The number of ether oxygens (including phenoxy) is 1. The zero-order chi connectivity index (χ0) is 12.8. The van der Waals surface area contributed by atoms with Crippen LogP contribution >= 0.6 is 0 Å². The van der Waals surface area contributed by atoms with Crippen molar-refractivity contribution in [2.45, 2.75) is 27.3 Å². The molecule has 0 saturated heterocycles. The molecule has 96 valence electrons. The standard InChI is InChI=1S/C14H24N2O/c1-10(7-15)8-16-9-13-5-6-14(17-4)12(3)11(13)2/h5-6,10,16H,7-9,15H2,1-4H3. The van der Waals surface area contributed by atoms with E-state index in [4.69, 9.17) is 10.5 Å². The van der Waals surface area contributed by atoms with E-state index in [-0.39, 0.29) is 0 Å². The molecule has 17 heavy (non-hydrogen) atoms. The first-order valence-electron chi connectivity index (χ1n) is 6.14. The highest BCUT2D eigenvalue weighted by Gasteiger charge is 2.06. The maximum atomic E-state index is 5.59. The third-order valence-electron chi connectivity index (χ3n) is 3.28. The Labute approximate surface area is 104 Å². The summed E-state index contributed by atoms with van der Waals surface area (Å²) in [5.74, 6) is 1.48. The van der Waals surface area contributed by atoms with E-state index in [9.17, 15) is 0 Å². The minimum atomic E-state index is 0.523. The van der Waals surface area contributed by atoms with Gasteiger partial charge in [-0.25, -0.2) is 0 Å². The van der Waals surface area contributed by atoms with E-state index >= 15 is 0 Å². The number of benzene rings is 1. The smallest absolute Gasteiger partial charge is 0.122 e. The summed E-state index contributed by atoms with van der Waals surface area (Å²) in [4.78, 5) is 0. The van der Waals surface area contributed by atoms with Gasteiger partial charge in [-0.2, -0.15) is 0 Å². The molecule has 3 nitrogen and oxygen atoms in total. The minimum Gasteiger partial charge on any atom is -0.496 e. The van der Waals surface area contributed by atoms with E-state index in [1.165, 1.54) is 16.7 Å². The van der Waals surface area contributed by atoms with Crippen LogP contribution in [0.3, 0.4) is 0 Å². The van der Waals surface area contributed by atoms with Gasteiger partial charge in [0.25, 0.3) is 0 Å². The number of methoxy groups -OCH3 is 1. The van der Waals surface area contributed by atoms with Crippen molar-refractivity contribution in [2.24, 2.45) is 11.7 Å². The molecule has 1 atom stereocenters. The van der Waals surface area contributed by atoms with Crippen LogP contribution in [0.5, 0.6) is 5.75 Å². The van der Waals surface area contributed by atoms with Crippen LogP contribution < -0.4 is 15.8 Å². The quantitative estimate of drug-likeness (QED) is 0.794. The third kappa shape index (κ3) is 3.72. The van der Waals surface area contributed by atoms with Crippen molar-refractivity contribution in [3.05, 3.63) is 28.8 Å². The molecule has 0 aliphatic carbocycles. The number of hydrogen-bond donors (Lipinski definition) is 2. The lowest BCUT2D eigenvalue weighted by molar-refractivity contribution is 0.411. The number of nitrogens with one attached hydrogen (secondary N) is 1. The van der Waals surface area contributed by atoms with Crippen LogP contribution in [0, 0.1) is 19.8 Å². The van der Waals surface area contributed by atoms with Gasteiger partial charge in [-0.3, -0.25) is 0 Å². The largest absolute Gasteiger partial charge is 0.496 e. The van der Waals surface area contributed by atoms with Gasteiger partial charge < -0.3 is 15.8 Å². The molecule has 0 saturated carbocycles. The van der Waals surface area contributed by atoms with Gasteiger partial charge in [-0.05, 0) is 55.6 Å². The first kappa shape index (κ1) is 14.0. The molecule has 0 aliphatic rings. The molecule has 3 N–H and O–H groups in total. The predicted octanol–water partition coefficient (Wildman–Crippen LogP) is 2.00. The summed E-state index contributed by atoms with van der Waals surface area (Å²) in [7, 11) is 1.71. The van der Waals surface area contributed by atoms with Crippen molar-refractivity contribution >= 4 is 0 Å². The fraction of sp³-hybridized carbons (Fsp3) is 0.571. The number of hydrogen-bond acceptors (Lipinski definition) is 3. The van der Waals surface area contributed by atoms with E-state index in [1.54, 1.807) is 7.11 Å². The third-order valence-corrected chi connectivity index (χ3v) is 3.28. The molecule has 0 aromatic heterocycles. The van der Waals surface area contributed by atoms with Gasteiger partial charge in [0.2, 0.25) is 0 Å². The molecule has 1 rings (SSSR count). The zero-order valence-corrected chi connectivity index (χ0v) is 11.3. The Morgan fingerprint density at radius 3 is 2.59 bits per heavy atom. The van der Waals surface area contributed by atoms with Crippen molar-refractivity contribution in [1.82, 2.24) is 5.32 Å². The summed E-state index contributed by atoms with van der Waals surface area (Å²) >= 11 is 0. The topological polar surface area (TPSA) is 47.3 Å². The molecule has 1 aromatic carbocycles. The summed E-state index contributed by atoms with van der Waals surface area (Å²) < 4.78 is 5.30. The SMILES string of the molecule is COc1ccc(CNCC(C)CN)c(C)c1C. The summed E-state index contributed by atoms with van der Waals surface area (Å²) in [5.41, 5.74) is 9.44. The Hall–Kier alpha value is -1.06. The fourth-order valence-electron chi connectivity index (χ4n) is 1.80. The fourth-order valence-corrected chi connectivity index (χ4v) is 1.80. The van der Waals surface area contributed by atoms with Crippen LogP contribution in [0.2, 0.25) is 0 Å². The van der Waals surface area contributed by atoms with E-state index < -0.39 is 0 Å². The maximum absolute atomic E-state index is 5.59. The van der Waals surface area contributed by atoms with Crippen LogP contribution in [0.15, 0.2) is 12.1 Å². The lowest BCUT2D eigenvalue weighted by atomic mass is 10.0. The highest BCUT2D eigenvalue weighted by Crippen LogP contribution is 2.23. The van der Waals surface area contributed by atoms with Crippen LogP contribution in [0.25, 0.3) is 0 Å². The Bertz CT molecular complexity index is 363. The first-order chi connectivity index (χ1) is 8.10. The molecule has 1 aromatic rings. The second-order valence-corrected chi connectivity index (χ2v) is 4.65. The van der Waals surface area contributed by atoms with Gasteiger partial charge in [0, 0.05) is 6.54 Å². The molecule has 0 bridgehead atoms. The lowest BCUT2D eigenvalue weighted by Gasteiger charge is -2.14. The lowest BCUT2D eigenvalue weighted by Crippen LogP contribution is -2.26. The summed E-state index contributed by atoms with van der Waals surface area (Å²) in [6.45, 7) is 8.97. The normalized spacial score (nSPS) is 12.5. The molecule has 3 heteroatoms. The maximum Gasteiger partial charge on any atom is 0.122 e. The molecular weight excluding hydrogens is 212 g/mol. The molecule has 0 fully saturated rings. The highest BCUT2D eigenvalue weighted by atomic mass is 16.5. The Balaban J connectivity index is 2.63. The highest BCUT2D eigenvalue weighted by molar-refractivity contribution is 5.43. The van der Waals surface area contributed by atoms with Crippen molar-refractivity contribution in [1.29, 1.82) is 0 Å². The molecular formula is C14H24N2O. The number of nitrogens with two attached hydrogens (primary N) is 1. The van der Waals surface area contributed by atoms with Crippen molar-refractivity contribution < 1.29 is 4.74 Å². The van der Waals surface area contributed by atoms with E-state index in [0.29, 0.717) is 5.92 Å². The zero-order valence-electron chi connectivity index (χ0n) is 11.3. The van der Waals surface area contributed by atoms with Gasteiger partial charge in [0.15, 0.2) is 0 Å². The van der Waals surface area contributed by atoms with Gasteiger partial charge in [-0.15, -0.1) is 0 Å². The summed E-state index contributed by atoms with van der Waals surface area (Å²) in [5, 5.41) is 3.44. The Morgan fingerprint density at radius 2 is 2.00 bits per heavy atom. The average molecular weight is 236 g/mol. The van der Waals surface area contributed by atoms with Crippen LogP contribution in [0.1, 0.15) is 23.6 Å². The second kappa shape index (κ2) is 6.62. The van der Waals surface area contributed by atoms with Crippen LogP contribution in [0.4, 0.5) is 0 Å². The van der Waals surface area contributed by atoms with Crippen molar-refractivity contribution in [3.8, 4) is 5.75 Å².